The molecule has 0 saturated carbocycles. The van der Waals surface area contributed by atoms with Gasteiger partial charge < -0.3 is 73.3 Å². The number of methoxy groups -OCH3 is 2. The number of ether oxygens (including phenoxy) is 7. The van der Waals surface area contributed by atoms with E-state index in [9.17, 15) is 34.7 Å². The number of likely N-dealkylation sites (N-methyl/N-ethyl adjacent to an activating group) is 2. The lowest BCUT2D eigenvalue weighted by molar-refractivity contribution is -0.318. The van der Waals surface area contributed by atoms with E-state index in [1.807, 2.05) is 68.9 Å². The van der Waals surface area contributed by atoms with Gasteiger partial charge in [0.25, 0.3) is 0 Å². The van der Waals surface area contributed by atoms with E-state index in [0.29, 0.717) is 37.3 Å². The normalized spacial score (nSPS) is 39.1. The lowest BCUT2D eigenvalue weighted by atomic mass is 9.77. The molecule has 75 heavy (non-hydrogen) atoms. The average Bonchev–Trinajstić information content (AvgIpc) is 3.84. The molecule has 21 heteroatoms. The minimum absolute atomic E-state index is 0.0820. The third-order valence-corrected chi connectivity index (χ3v) is 16.4. The van der Waals surface area contributed by atoms with Crippen molar-refractivity contribution in [3.8, 4) is 0 Å². The predicted molar refractivity (Wildman–Crippen MR) is 277 cm³/mol. The van der Waals surface area contributed by atoms with Crippen LogP contribution in [0.25, 0.3) is 0 Å². The molecule has 0 radical (unpaired) electrons. The quantitative estimate of drug-likeness (QED) is 0.0839. The summed E-state index contributed by atoms with van der Waals surface area (Å²) < 4.78 is 60.5. The molecule has 5 N–H and O–H groups in total. The Balaban J connectivity index is 1.43. The summed E-state index contributed by atoms with van der Waals surface area (Å²) in [5.41, 5.74) is -1.70. The molecular weight excluding hydrogens is 976 g/mol. The SMILES string of the molecule is CC[C@H]1OC(=O)[C@H](C)[C@@H](O[C@H]2C[C@@](C)(OC)[C@@H](O)[C@H](C)O2)[C@H](C)[C@@H](O[C@@H]2O[C@H](C)C[C@H](N(C)CCc3cn([C@H](CF)[C@H](OC)c4ccc(C(C)=NOC)cc4)nn3)[C@H]2O)[C@](C)(O)C[C@@H](C)CN(C)[C@H](C)[C@@H](O)[C@]1(C)O. The van der Waals surface area contributed by atoms with Crippen LogP contribution in [-0.2, 0) is 49.2 Å². The number of aromatic nitrogens is 3. The smallest absolute Gasteiger partial charge is 0.311 e. The number of halogens is 1. The number of cyclic esters (lactones) is 1. The molecule has 2 aromatic rings. The molecule has 3 fully saturated rings. The number of hydrogen-bond acceptors (Lipinski definition) is 19. The van der Waals surface area contributed by atoms with Gasteiger partial charge in [0, 0.05) is 64.3 Å². The maximum absolute atomic E-state index is 14.9. The van der Waals surface area contributed by atoms with E-state index in [0.717, 1.165) is 11.1 Å². The van der Waals surface area contributed by atoms with Crippen LogP contribution in [0.15, 0.2) is 35.6 Å². The Morgan fingerprint density at radius 3 is 2.25 bits per heavy atom. The fourth-order valence-corrected chi connectivity index (χ4v) is 11.6. The topological polar surface area (TPSA) is 242 Å². The number of aliphatic hydroxyl groups is 5. The molecule has 0 amide bonds. The number of esters is 1. The number of rotatable bonds is 17. The van der Waals surface area contributed by atoms with Crippen molar-refractivity contribution < 1.29 is 72.7 Å². The Labute approximate surface area is 444 Å². The van der Waals surface area contributed by atoms with E-state index in [1.165, 1.54) is 32.9 Å². The van der Waals surface area contributed by atoms with Crippen molar-refractivity contribution in [2.45, 2.75) is 211 Å². The van der Waals surface area contributed by atoms with Gasteiger partial charge in [-0.25, -0.2) is 9.07 Å². The van der Waals surface area contributed by atoms with Crippen LogP contribution < -0.4 is 0 Å². The first-order chi connectivity index (χ1) is 35.2. The van der Waals surface area contributed by atoms with Gasteiger partial charge in [0.2, 0.25) is 0 Å². The maximum atomic E-state index is 14.9. The Kier molecular flexibility index (Phi) is 22.2. The molecule has 428 valence electrons. The molecule has 1 aromatic heterocycles. The second kappa shape index (κ2) is 26.6. The lowest BCUT2D eigenvalue weighted by Crippen LogP contribution is -2.61. The Bertz CT molecular complexity index is 2120. The molecular formula is C54H91FN6O14. The zero-order valence-electron chi connectivity index (χ0n) is 47.3. The van der Waals surface area contributed by atoms with Crippen molar-refractivity contribution >= 4 is 11.7 Å². The Hall–Kier alpha value is -3.29. The van der Waals surface area contributed by atoms with E-state index in [4.69, 9.17) is 38.0 Å². The highest BCUT2D eigenvalue weighted by atomic mass is 19.1. The van der Waals surface area contributed by atoms with E-state index in [2.05, 4.69) is 15.5 Å². The van der Waals surface area contributed by atoms with Crippen molar-refractivity contribution in [1.82, 2.24) is 24.8 Å². The van der Waals surface area contributed by atoms with E-state index in [1.54, 1.807) is 54.7 Å². The highest BCUT2D eigenvalue weighted by molar-refractivity contribution is 5.98. The Morgan fingerprint density at radius 1 is 0.987 bits per heavy atom. The molecule has 5 rings (SSSR count). The summed E-state index contributed by atoms with van der Waals surface area (Å²) in [7, 11) is 8.21. The molecule has 0 spiro atoms. The van der Waals surface area contributed by atoms with Crippen molar-refractivity contribution in [2.24, 2.45) is 22.9 Å². The minimum Gasteiger partial charge on any atom is -0.459 e. The molecule has 0 bridgehead atoms. The number of alkyl halides is 1. The fraction of sp³-hybridized carbons (Fsp3) is 0.815. The summed E-state index contributed by atoms with van der Waals surface area (Å²) in [6.07, 6.45) is -8.06. The number of oxime groups is 1. The minimum atomic E-state index is -1.85. The summed E-state index contributed by atoms with van der Waals surface area (Å²) in [4.78, 5) is 23.3. The van der Waals surface area contributed by atoms with Crippen molar-refractivity contribution in [2.75, 3.05) is 55.2 Å². The van der Waals surface area contributed by atoms with Crippen LogP contribution in [0.1, 0.15) is 131 Å². The lowest BCUT2D eigenvalue weighted by Gasteiger charge is -2.49. The van der Waals surface area contributed by atoms with E-state index >= 15 is 0 Å². The maximum Gasteiger partial charge on any atom is 0.311 e. The molecule has 0 aliphatic carbocycles. The third-order valence-electron chi connectivity index (χ3n) is 16.4. The second-order valence-corrected chi connectivity index (χ2v) is 22.5. The monoisotopic (exact) mass is 1070 g/mol. The van der Waals surface area contributed by atoms with Crippen molar-refractivity contribution in [3.05, 3.63) is 47.3 Å². The molecule has 3 aliphatic rings. The van der Waals surface area contributed by atoms with Gasteiger partial charge in [0.15, 0.2) is 12.6 Å². The van der Waals surface area contributed by atoms with Gasteiger partial charge in [-0.3, -0.25) is 4.79 Å². The zero-order valence-corrected chi connectivity index (χ0v) is 47.3. The first kappa shape index (κ1) is 62.6. The molecule has 4 heterocycles. The second-order valence-electron chi connectivity index (χ2n) is 22.5. The van der Waals surface area contributed by atoms with Gasteiger partial charge in [0.05, 0.1) is 52.9 Å². The van der Waals surface area contributed by atoms with Gasteiger partial charge in [0.1, 0.15) is 55.9 Å². The van der Waals surface area contributed by atoms with Crippen molar-refractivity contribution in [1.29, 1.82) is 0 Å². The van der Waals surface area contributed by atoms with Crippen LogP contribution in [0.3, 0.4) is 0 Å². The third kappa shape index (κ3) is 14.7. The van der Waals surface area contributed by atoms with Gasteiger partial charge in [-0.1, -0.05) is 55.4 Å². The van der Waals surface area contributed by atoms with Crippen LogP contribution in [0.5, 0.6) is 0 Å². The van der Waals surface area contributed by atoms with Crippen LogP contribution >= 0.6 is 0 Å². The van der Waals surface area contributed by atoms with E-state index < -0.39 is 127 Å². The van der Waals surface area contributed by atoms with Gasteiger partial charge in [-0.2, -0.15) is 0 Å². The van der Waals surface area contributed by atoms with Crippen LogP contribution in [0, 0.1) is 17.8 Å². The van der Waals surface area contributed by atoms with Crippen LogP contribution in [0.2, 0.25) is 0 Å². The number of nitrogens with zero attached hydrogens (tertiary/aromatic N) is 6. The molecule has 0 unspecified atom stereocenters. The van der Waals surface area contributed by atoms with Crippen LogP contribution in [0.4, 0.5) is 4.39 Å². The summed E-state index contributed by atoms with van der Waals surface area (Å²) in [6.45, 7) is 19.3. The molecule has 3 aliphatic heterocycles. The number of hydrogen-bond donors (Lipinski definition) is 5. The fourth-order valence-electron chi connectivity index (χ4n) is 11.6. The molecule has 20 nitrogen and oxygen atoms in total. The summed E-state index contributed by atoms with van der Waals surface area (Å²) >= 11 is 0. The Morgan fingerprint density at radius 2 is 1.65 bits per heavy atom. The first-order valence-corrected chi connectivity index (χ1v) is 26.6. The highest BCUT2D eigenvalue weighted by Gasteiger charge is 2.53. The first-order valence-electron chi connectivity index (χ1n) is 26.6. The summed E-state index contributed by atoms with van der Waals surface area (Å²) in [6, 6.07) is 5.57. The zero-order chi connectivity index (χ0) is 55.9. The summed E-state index contributed by atoms with van der Waals surface area (Å²) in [5, 5.41) is 72.5. The largest absolute Gasteiger partial charge is 0.459 e. The highest BCUT2D eigenvalue weighted by Crippen LogP contribution is 2.41. The number of carbonyl (C=O) groups excluding carboxylic acids is 1. The van der Waals surface area contributed by atoms with Gasteiger partial charge in [-0.15, -0.1) is 5.10 Å². The summed E-state index contributed by atoms with van der Waals surface area (Å²) in [5.74, 6) is -2.89. The predicted octanol–water partition coefficient (Wildman–Crippen LogP) is 4.37. The number of aliphatic hydroxyl groups excluding tert-OH is 3. The van der Waals surface area contributed by atoms with E-state index in [-0.39, 0.29) is 25.2 Å². The molecule has 20 atom stereocenters. The van der Waals surface area contributed by atoms with Gasteiger partial charge in [-0.05, 0) is 106 Å². The van der Waals surface area contributed by atoms with Crippen LogP contribution in [-0.4, -0.2) is 207 Å². The number of carbonyl (C=O) groups is 1. The van der Waals surface area contributed by atoms with Crippen molar-refractivity contribution in [3.63, 3.8) is 0 Å². The molecule has 3 saturated heterocycles. The molecule has 1 aromatic carbocycles. The standard InChI is InChI=1S/C54H91FN6O14/c1-17-42-54(11,67)47(63)35(7)60(13)28-30(2)25-52(9,66)49(32(4)45(33(5)50(65)73-42)74-43-26-53(10,69-15)48(64)36(8)72-43)75-51-44(62)40(24-31(3)71-51)59(12)23-22-39-29-61(58-56-39)41(27-55)46(68-14)38-20-18-37(19-21-38)34(6)57-70-16/h18-21,29-33,35-36,40-49,51,62-64,66-67H,17,22-28H2,1-16H3/t30-,31-,32+,33-,35-,36+,40+,41-,42-,43+,44-,45+,46-,47-,48+,49-,51+,52-,53-,54-/m1/s1. The average molecular weight is 1070 g/mol. The number of benzene rings is 1. The van der Waals surface area contributed by atoms with Gasteiger partial charge >= 0.3 is 5.97 Å².